The standard InChI is InChI=1S/C9H18N2/c1-5-11-9(4)7(2)6-8(3)10-11/h6,8-10H,5H2,1-4H3. The predicted octanol–water partition coefficient (Wildman–Crippen LogP) is 1.55. The van der Waals surface area contributed by atoms with Gasteiger partial charge in [0.05, 0.1) is 0 Å². The van der Waals surface area contributed by atoms with Crippen LogP contribution in [0.5, 0.6) is 0 Å². The molecule has 0 bridgehead atoms. The Bertz CT molecular complexity index is 163. The fraction of sp³-hybridized carbons (Fsp3) is 0.778. The van der Waals surface area contributed by atoms with Gasteiger partial charge in [-0.15, -0.1) is 0 Å². The van der Waals surface area contributed by atoms with Crippen LogP contribution in [0.1, 0.15) is 27.7 Å². The van der Waals surface area contributed by atoms with Crippen molar-refractivity contribution in [2.24, 2.45) is 0 Å². The maximum absolute atomic E-state index is 3.40. The van der Waals surface area contributed by atoms with Crippen molar-refractivity contribution in [1.82, 2.24) is 10.4 Å². The van der Waals surface area contributed by atoms with E-state index in [0.717, 1.165) is 6.54 Å². The van der Waals surface area contributed by atoms with E-state index in [9.17, 15) is 0 Å². The van der Waals surface area contributed by atoms with Crippen molar-refractivity contribution in [2.45, 2.75) is 39.8 Å². The first-order valence-electron chi connectivity index (χ1n) is 4.36. The molecule has 1 rings (SSSR count). The van der Waals surface area contributed by atoms with E-state index in [1.54, 1.807) is 0 Å². The van der Waals surface area contributed by atoms with Crippen LogP contribution in [0.25, 0.3) is 0 Å². The normalized spacial score (nSPS) is 33.6. The summed E-state index contributed by atoms with van der Waals surface area (Å²) in [6.45, 7) is 9.85. The van der Waals surface area contributed by atoms with Crippen LogP contribution in [0, 0.1) is 0 Å². The molecule has 0 aromatic heterocycles. The molecule has 1 heterocycles. The molecule has 0 spiro atoms. The average Bonchev–Trinajstić information content (AvgIpc) is 1.96. The summed E-state index contributed by atoms with van der Waals surface area (Å²) >= 11 is 0. The molecule has 0 amide bonds. The first-order chi connectivity index (χ1) is 5.15. The van der Waals surface area contributed by atoms with Gasteiger partial charge in [0.1, 0.15) is 0 Å². The number of hydrazine groups is 1. The Morgan fingerprint density at radius 2 is 2.18 bits per heavy atom. The maximum atomic E-state index is 3.40. The molecule has 1 aliphatic heterocycles. The van der Waals surface area contributed by atoms with Gasteiger partial charge >= 0.3 is 0 Å². The lowest BCUT2D eigenvalue weighted by atomic mass is 10.1. The first-order valence-corrected chi connectivity index (χ1v) is 4.36. The monoisotopic (exact) mass is 154 g/mol. The van der Waals surface area contributed by atoms with Crippen LogP contribution < -0.4 is 5.43 Å². The summed E-state index contributed by atoms with van der Waals surface area (Å²) in [7, 11) is 0. The molecule has 0 saturated carbocycles. The molecule has 2 atom stereocenters. The zero-order valence-corrected chi connectivity index (χ0v) is 7.89. The van der Waals surface area contributed by atoms with Crippen LogP contribution in [0.3, 0.4) is 0 Å². The summed E-state index contributed by atoms with van der Waals surface area (Å²) in [5.41, 5.74) is 4.87. The third kappa shape index (κ3) is 1.82. The Kier molecular flexibility index (Phi) is 2.68. The highest BCUT2D eigenvalue weighted by molar-refractivity contribution is 5.12. The van der Waals surface area contributed by atoms with E-state index in [1.165, 1.54) is 5.57 Å². The molecule has 0 fully saturated rings. The summed E-state index contributed by atoms with van der Waals surface area (Å²) < 4.78 is 0. The molecule has 0 aromatic carbocycles. The van der Waals surface area contributed by atoms with Crippen molar-refractivity contribution in [3.63, 3.8) is 0 Å². The summed E-state index contributed by atoms with van der Waals surface area (Å²) in [4.78, 5) is 0. The topological polar surface area (TPSA) is 15.3 Å². The quantitative estimate of drug-likeness (QED) is 0.576. The van der Waals surface area contributed by atoms with E-state index in [1.807, 2.05) is 0 Å². The highest BCUT2D eigenvalue weighted by Gasteiger charge is 2.19. The molecule has 0 aliphatic carbocycles. The number of hydrogen-bond acceptors (Lipinski definition) is 2. The highest BCUT2D eigenvalue weighted by Crippen LogP contribution is 2.13. The zero-order chi connectivity index (χ0) is 8.43. The van der Waals surface area contributed by atoms with Crippen LogP contribution in [0.4, 0.5) is 0 Å². The second kappa shape index (κ2) is 3.37. The fourth-order valence-corrected chi connectivity index (χ4v) is 1.56. The Balaban J connectivity index is 2.69. The van der Waals surface area contributed by atoms with Gasteiger partial charge in [-0.2, -0.15) is 0 Å². The summed E-state index contributed by atoms with van der Waals surface area (Å²) in [5.74, 6) is 0. The van der Waals surface area contributed by atoms with Gasteiger partial charge in [-0.05, 0) is 20.8 Å². The van der Waals surface area contributed by atoms with Gasteiger partial charge in [0.15, 0.2) is 0 Å². The second-order valence-electron chi connectivity index (χ2n) is 3.29. The molecule has 1 N–H and O–H groups in total. The summed E-state index contributed by atoms with van der Waals surface area (Å²) in [6.07, 6.45) is 2.29. The number of likely N-dealkylation sites (N-methyl/N-ethyl adjacent to an activating group) is 1. The van der Waals surface area contributed by atoms with Gasteiger partial charge in [-0.3, -0.25) is 0 Å². The minimum absolute atomic E-state index is 0.492. The molecule has 0 aromatic rings. The molecule has 0 radical (unpaired) electrons. The largest absolute Gasteiger partial charge is 0.248 e. The SMILES string of the molecule is CCN1NC(C)C=C(C)C1C. The lowest BCUT2D eigenvalue weighted by Gasteiger charge is -2.35. The van der Waals surface area contributed by atoms with Crippen LogP contribution >= 0.6 is 0 Å². The van der Waals surface area contributed by atoms with E-state index in [0.29, 0.717) is 12.1 Å². The number of hydrogen-bond donors (Lipinski definition) is 1. The fourth-order valence-electron chi connectivity index (χ4n) is 1.56. The van der Waals surface area contributed by atoms with E-state index < -0.39 is 0 Å². The smallest absolute Gasteiger partial charge is 0.0422 e. The lowest BCUT2D eigenvalue weighted by Crippen LogP contribution is -2.51. The van der Waals surface area contributed by atoms with Gasteiger partial charge in [0.2, 0.25) is 0 Å². The second-order valence-corrected chi connectivity index (χ2v) is 3.29. The van der Waals surface area contributed by atoms with E-state index >= 15 is 0 Å². The number of nitrogens with zero attached hydrogens (tertiary/aromatic N) is 1. The van der Waals surface area contributed by atoms with Crippen LogP contribution in [0.15, 0.2) is 11.6 Å². The Labute approximate surface area is 69.2 Å². The highest BCUT2D eigenvalue weighted by atomic mass is 15.5. The predicted molar refractivity (Wildman–Crippen MR) is 48.2 cm³/mol. The molecule has 2 unspecified atom stereocenters. The first kappa shape index (κ1) is 8.75. The zero-order valence-electron chi connectivity index (χ0n) is 7.89. The Morgan fingerprint density at radius 3 is 2.73 bits per heavy atom. The number of nitrogens with one attached hydrogen (secondary N) is 1. The average molecular weight is 154 g/mol. The molecule has 1 aliphatic rings. The van der Waals surface area contributed by atoms with Crippen molar-refractivity contribution in [3.05, 3.63) is 11.6 Å². The third-order valence-corrected chi connectivity index (χ3v) is 2.35. The summed E-state index contributed by atoms with van der Waals surface area (Å²) in [5, 5.41) is 2.28. The molecular weight excluding hydrogens is 136 g/mol. The van der Waals surface area contributed by atoms with Crippen molar-refractivity contribution in [2.75, 3.05) is 6.54 Å². The molecule has 2 heteroatoms. The molecule has 2 nitrogen and oxygen atoms in total. The van der Waals surface area contributed by atoms with Crippen molar-refractivity contribution in [1.29, 1.82) is 0 Å². The Morgan fingerprint density at radius 1 is 1.55 bits per heavy atom. The minimum atomic E-state index is 0.492. The summed E-state index contributed by atoms with van der Waals surface area (Å²) in [6, 6.07) is 1.04. The van der Waals surface area contributed by atoms with Gasteiger partial charge in [-0.1, -0.05) is 18.6 Å². The van der Waals surface area contributed by atoms with Crippen LogP contribution in [-0.2, 0) is 0 Å². The third-order valence-electron chi connectivity index (χ3n) is 2.35. The lowest BCUT2D eigenvalue weighted by molar-refractivity contribution is 0.137. The van der Waals surface area contributed by atoms with Gasteiger partial charge in [0, 0.05) is 18.6 Å². The number of rotatable bonds is 1. The van der Waals surface area contributed by atoms with Gasteiger partial charge in [-0.25, -0.2) is 10.4 Å². The molecule has 0 saturated heterocycles. The van der Waals surface area contributed by atoms with Gasteiger partial charge in [0.25, 0.3) is 0 Å². The van der Waals surface area contributed by atoms with Gasteiger partial charge < -0.3 is 0 Å². The minimum Gasteiger partial charge on any atom is -0.248 e. The van der Waals surface area contributed by atoms with E-state index in [-0.39, 0.29) is 0 Å². The molecule has 64 valence electrons. The van der Waals surface area contributed by atoms with E-state index in [4.69, 9.17) is 0 Å². The van der Waals surface area contributed by atoms with Crippen molar-refractivity contribution >= 4 is 0 Å². The van der Waals surface area contributed by atoms with E-state index in [2.05, 4.69) is 44.2 Å². The van der Waals surface area contributed by atoms with Crippen LogP contribution in [-0.4, -0.2) is 23.6 Å². The molecule has 11 heavy (non-hydrogen) atoms. The maximum Gasteiger partial charge on any atom is 0.0422 e. The van der Waals surface area contributed by atoms with Crippen LogP contribution in [0.2, 0.25) is 0 Å². The van der Waals surface area contributed by atoms with Crippen molar-refractivity contribution < 1.29 is 0 Å². The molecular formula is C9H18N2. The van der Waals surface area contributed by atoms with Crippen molar-refractivity contribution in [3.8, 4) is 0 Å². The Hall–Kier alpha value is -0.340.